The molecule has 0 radical (unpaired) electrons. The molecule has 1 aliphatic rings. The molecule has 0 bridgehead atoms. The van der Waals surface area contributed by atoms with Crippen LogP contribution in [0.25, 0.3) is 11.3 Å². The summed E-state index contributed by atoms with van der Waals surface area (Å²) < 4.78 is 73.4. The molecule has 1 fully saturated rings. The van der Waals surface area contributed by atoms with Crippen molar-refractivity contribution in [2.75, 3.05) is 6.61 Å². The average molecular weight is 538 g/mol. The van der Waals surface area contributed by atoms with Crippen molar-refractivity contribution < 1.29 is 36.5 Å². The van der Waals surface area contributed by atoms with Gasteiger partial charge in [0, 0.05) is 12.0 Å². The van der Waals surface area contributed by atoms with E-state index < -0.39 is 57.6 Å². The highest BCUT2D eigenvalue weighted by Gasteiger charge is 2.44. The number of aliphatic hydroxyl groups is 2. The summed E-state index contributed by atoms with van der Waals surface area (Å²) in [4.78, 5) is -0.185. The third-order valence-electron chi connectivity index (χ3n) is 5.41. The first-order valence-electron chi connectivity index (χ1n) is 9.73. The van der Waals surface area contributed by atoms with E-state index >= 15 is 0 Å². The minimum Gasteiger partial charge on any atom is -0.394 e. The summed E-state index contributed by atoms with van der Waals surface area (Å²) in [5.74, 6) is -4.50. The molecular formula is C20H16Cl2F3N3O5S. The number of hydrogen-bond donors (Lipinski definition) is 2. The summed E-state index contributed by atoms with van der Waals surface area (Å²) in [6.07, 6.45) is -1.80. The molecule has 3 aromatic rings. The molecule has 1 saturated heterocycles. The van der Waals surface area contributed by atoms with Crippen LogP contribution in [0.15, 0.2) is 41.4 Å². The Labute approximate surface area is 201 Å². The molecule has 4 rings (SSSR count). The van der Waals surface area contributed by atoms with E-state index in [1.165, 1.54) is 18.3 Å². The number of aromatic nitrogens is 3. The van der Waals surface area contributed by atoms with Crippen LogP contribution >= 0.6 is 23.2 Å². The molecule has 1 unspecified atom stereocenters. The molecule has 2 heterocycles. The Bertz CT molecular complexity index is 1320. The van der Waals surface area contributed by atoms with Gasteiger partial charge >= 0.3 is 0 Å². The lowest BCUT2D eigenvalue weighted by Crippen LogP contribution is -2.50. The number of halogens is 5. The Morgan fingerprint density at radius 2 is 1.79 bits per heavy atom. The van der Waals surface area contributed by atoms with Crippen LogP contribution in [0.1, 0.15) is 12.5 Å². The monoisotopic (exact) mass is 537 g/mol. The Hall–Kier alpha value is -2.22. The normalized spacial score (nSPS) is 23.3. The first-order chi connectivity index (χ1) is 16.0. The molecule has 8 nitrogen and oxygen atoms in total. The van der Waals surface area contributed by atoms with E-state index in [0.29, 0.717) is 0 Å². The number of benzene rings is 2. The number of sulfone groups is 1. The quantitative estimate of drug-likeness (QED) is 0.480. The second kappa shape index (κ2) is 9.44. The molecule has 4 atom stereocenters. The van der Waals surface area contributed by atoms with Crippen LogP contribution < -0.4 is 0 Å². The Morgan fingerprint density at radius 3 is 2.41 bits per heavy atom. The van der Waals surface area contributed by atoms with Crippen molar-refractivity contribution in [3.8, 4) is 11.3 Å². The van der Waals surface area contributed by atoms with Gasteiger partial charge < -0.3 is 14.9 Å². The van der Waals surface area contributed by atoms with E-state index in [1.54, 1.807) is 0 Å². The van der Waals surface area contributed by atoms with Crippen molar-refractivity contribution >= 4 is 33.0 Å². The van der Waals surface area contributed by atoms with E-state index in [4.69, 9.17) is 27.9 Å². The predicted octanol–water partition coefficient (Wildman–Crippen LogP) is 3.15. The lowest BCUT2D eigenvalue weighted by molar-refractivity contribution is -0.133. The molecule has 0 amide bonds. The molecule has 0 aliphatic carbocycles. The number of nitrogens with zero attached hydrogens (tertiary/aromatic N) is 3. The van der Waals surface area contributed by atoms with Crippen LogP contribution in [-0.2, 0) is 14.6 Å². The fourth-order valence-electron chi connectivity index (χ4n) is 3.61. The van der Waals surface area contributed by atoms with Gasteiger partial charge in [0.2, 0.25) is 9.84 Å². The van der Waals surface area contributed by atoms with Crippen LogP contribution in [0.5, 0.6) is 0 Å². The zero-order valence-electron chi connectivity index (χ0n) is 16.9. The Morgan fingerprint density at radius 1 is 1.12 bits per heavy atom. The maximum absolute atomic E-state index is 13.6. The maximum Gasteiger partial charge on any atom is 0.205 e. The molecule has 2 aromatic carbocycles. The summed E-state index contributed by atoms with van der Waals surface area (Å²) in [6.45, 7) is -0.707. The average Bonchev–Trinajstić information content (AvgIpc) is 3.29. The van der Waals surface area contributed by atoms with Crippen molar-refractivity contribution in [3.63, 3.8) is 0 Å². The molecule has 2 N–H and O–H groups in total. The second-order valence-corrected chi connectivity index (χ2v) is 10.4. The molecule has 34 heavy (non-hydrogen) atoms. The predicted molar refractivity (Wildman–Crippen MR) is 114 cm³/mol. The van der Waals surface area contributed by atoms with E-state index in [2.05, 4.69) is 10.3 Å². The first kappa shape index (κ1) is 24.9. The van der Waals surface area contributed by atoms with Gasteiger partial charge in [-0.1, -0.05) is 28.4 Å². The zero-order chi connectivity index (χ0) is 24.8. The fourth-order valence-corrected chi connectivity index (χ4v) is 5.56. The van der Waals surface area contributed by atoms with Crippen LogP contribution in [0.3, 0.4) is 0 Å². The largest absolute Gasteiger partial charge is 0.394 e. The van der Waals surface area contributed by atoms with Gasteiger partial charge in [0.25, 0.3) is 0 Å². The third kappa shape index (κ3) is 4.53. The SMILES string of the molecule is O=S(=O)(c1ccc(Cl)c(Cl)c1)[C@@H]1C[C@@H](n2cc(-c3cc(F)c(F)c(F)c3)nn2)C(O)[C@@H](CO)O1. The molecule has 182 valence electrons. The van der Waals surface area contributed by atoms with Crippen molar-refractivity contribution in [2.45, 2.75) is 35.0 Å². The lowest BCUT2D eigenvalue weighted by atomic mass is 10.00. The van der Waals surface area contributed by atoms with Gasteiger partial charge in [-0.3, -0.25) is 0 Å². The standard InChI is InChI=1S/C20H16Cl2F3N3O5S/c21-11-2-1-10(5-12(11)22)34(31,32)18-6-16(20(30)17(8-29)33-18)28-7-15(26-27-28)9-3-13(23)19(25)14(24)4-9/h1-5,7,16-18,20,29-30H,6,8H2/t16-,17-,18-,20?/m1/s1. The molecule has 1 aliphatic heterocycles. The third-order valence-corrected chi connectivity index (χ3v) is 8.06. The Kier molecular flexibility index (Phi) is 6.91. The molecule has 0 saturated carbocycles. The van der Waals surface area contributed by atoms with Gasteiger partial charge in [0.1, 0.15) is 17.9 Å². The van der Waals surface area contributed by atoms with Gasteiger partial charge in [0.15, 0.2) is 22.9 Å². The Balaban J connectivity index is 1.67. The lowest BCUT2D eigenvalue weighted by Gasteiger charge is -2.38. The zero-order valence-corrected chi connectivity index (χ0v) is 19.3. The van der Waals surface area contributed by atoms with Crippen LogP contribution in [-0.4, -0.2) is 57.9 Å². The summed E-state index contributed by atoms with van der Waals surface area (Å²) in [7, 11) is -4.16. The van der Waals surface area contributed by atoms with E-state index in [0.717, 1.165) is 22.9 Å². The highest BCUT2D eigenvalue weighted by molar-refractivity contribution is 7.92. The van der Waals surface area contributed by atoms with Crippen LogP contribution in [0, 0.1) is 17.5 Å². The van der Waals surface area contributed by atoms with E-state index in [1.807, 2.05) is 0 Å². The smallest absolute Gasteiger partial charge is 0.205 e. The molecule has 14 heteroatoms. The number of ether oxygens (including phenoxy) is 1. The summed E-state index contributed by atoms with van der Waals surface area (Å²) >= 11 is 11.8. The fraction of sp³-hybridized carbons (Fsp3) is 0.300. The second-order valence-electron chi connectivity index (χ2n) is 7.54. The maximum atomic E-state index is 13.6. The van der Waals surface area contributed by atoms with Gasteiger partial charge in [-0.2, -0.15) is 0 Å². The van der Waals surface area contributed by atoms with Crippen LogP contribution in [0.2, 0.25) is 10.0 Å². The van der Waals surface area contributed by atoms with Gasteiger partial charge in [-0.05, 0) is 30.3 Å². The summed E-state index contributed by atoms with van der Waals surface area (Å²) in [6, 6.07) is 4.10. The van der Waals surface area contributed by atoms with Crippen LogP contribution in [0.4, 0.5) is 13.2 Å². The van der Waals surface area contributed by atoms with Gasteiger partial charge in [0.05, 0.1) is 33.8 Å². The molecule has 1 aromatic heterocycles. The molecule has 0 spiro atoms. The van der Waals surface area contributed by atoms with E-state index in [-0.39, 0.29) is 32.6 Å². The summed E-state index contributed by atoms with van der Waals surface area (Å²) in [5, 5.41) is 28.1. The highest BCUT2D eigenvalue weighted by atomic mass is 35.5. The minimum atomic E-state index is -4.16. The van der Waals surface area contributed by atoms with Crippen molar-refractivity contribution in [1.82, 2.24) is 15.0 Å². The molecular weight excluding hydrogens is 522 g/mol. The topological polar surface area (TPSA) is 115 Å². The van der Waals surface area contributed by atoms with Gasteiger partial charge in [-0.25, -0.2) is 26.3 Å². The van der Waals surface area contributed by atoms with E-state index in [9.17, 15) is 31.8 Å². The number of rotatable bonds is 5. The van der Waals surface area contributed by atoms with Crippen molar-refractivity contribution in [3.05, 3.63) is 64.0 Å². The number of hydrogen-bond acceptors (Lipinski definition) is 7. The number of aliphatic hydroxyl groups excluding tert-OH is 2. The van der Waals surface area contributed by atoms with Crippen molar-refractivity contribution in [2.24, 2.45) is 0 Å². The van der Waals surface area contributed by atoms with Crippen molar-refractivity contribution in [1.29, 1.82) is 0 Å². The highest BCUT2D eigenvalue weighted by Crippen LogP contribution is 2.36. The minimum absolute atomic E-state index is 0.00789. The van der Waals surface area contributed by atoms with Gasteiger partial charge in [-0.15, -0.1) is 5.10 Å². The first-order valence-corrected chi connectivity index (χ1v) is 12.0. The summed E-state index contributed by atoms with van der Waals surface area (Å²) in [5.41, 5.74) is -1.69.